The number of hydrogen-bond acceptors (Lipinski definition) is 6. The van der Waals surface area contributed by atoms with E-state index in [9.17, 15) is 10.1 Å². The van der Waals surface area contributed by atoms with Gasteiger partial charge in [-0.15, -0.1) is 0 Å². The van der Waals surface area contributed by atoms with Crippen molar-refractivity contribution < 1.29 is 14.4 Å². The highest BCUT2D eigenvalue weighted by Crippen LogP contribution is 2.15. The van der Waals surface area contributed by atoms with Gasteiger partial charge in [-0.1, -0.05) is 12.1 Å². The minimum atomic E-state index is -0.579. The Balaban J connectivity index is 3.07. The average molecular weight is 301 g/mol. The number of anilines is 1. The predicted octanol–water partition coefficient (Wildman–Crippen LogP) is 2.57. The zero-order chi connectivity index (χ0) is 16.5. The summed E-state index contributed by atoms with van der Waals surface area (Å²) >= 11 is 0. The van der Waals surface area contributed by atoms with Gasteiger partial charge in [-0.25, -0.2) is 4.79 Å². The van der Waals surface area contributed by atoms with Gasteiger partial charge in [0.2, 0.25) is 0 Å². The van der Waals surface area contributed by atoms with Crippen molar-refractivity contribution in [2.75, 3.05) is 25.6 Å². The molecule has 0 unspecified atom stereocenters. The maximum atomic E-state index is 10.8. The molecule has 6 heteroatoms. The third kappa shape index (κ3) is 5.29. The molecule has 0 aliphatic rings. The minimum absolute atomic E-state index is 0.0168. The Morgan fingerprint density at radius 1 is 1.36 bits per heavy atom. The fourth-order valence-electron chi connectivity index (χ4n) is 1.57. The second-order valence-electron chi connectivity index (χ2n) is 4.57. The van der Waals surface area contributed by atoms with Gasteiger partial charge in [0, 0.05) is 26.7 Å². The molecular weight excluding hydrogens is 282 g/mol. The predicted molar refractivity (Wildman–Crippen MR) is 85.2 cm³/mol. The summed E-state index contributed by atoms with van der Waals surface area (Å²) in [5.74, 6) is -0.596. The molecule has 1 rings (SSSR count). The van der Waals surface area contributed by atoms with Gasteiger partial charge in [0.15, 0.2) is 0 Å². The van der Waals surface area contributed by atoms with E-state index in [1.165, 1.54) is 6.92 Å². The first-order valence-electron chi connectivity index (χ1n) is 6.75. The first-order chi connectivity index (χ1) is 10.5. The van der Waals surface area contributed by atoms with Crippen molar-refractivity contribution in [2.24, 2.45) is 5.16 Å². The lowest BCUT2D eigenvalue weighted by Gasteiger charge is -2.12. The molecule has 0 saturated heterocycles. The second-order valence-corrected chi connectivity index (χ2v) is 4.57. The van der Waals surface area contributed by atoms with E-state index < -0.39 is 5.97 Å². The van der Waals surface area contributed by atoms with E-state index in [1.807, 2.05) is 49.3 Å². The van der Waals surface area contributed by atoms with Gasteiger partial charge in [0.1, 0.15) is 11.6 Å². The summed E-state index contributed by atoms with van der Waals surface area (Å²) in [6.07, 6.45) is 1.62. The molecular formula is C16H19N3O3. The Hall–Kier alpha value is -2.81. The molecule has 0 N–H and O–H groups in total. The highest BCUT2D eigenvalue weighted by atomic mass is 16.7. The number of oxime groups is 1. The number of benzene rings is 1. The van der Waals surface area contributed by atoms with Crippen molar-refractivity contribution in [1.82, 2.24) is 0 Å². The van der Waals surface area contributed by atoms with E-state index in [2.05, 4.69) is 9.99 Å². The Bertz CT molecular complexity index is 611. The quantitative estimate of drug-likeness (QED) is 0.275. The van der Waals surface area contributed by atoms with E-state index in [4.69, 9.17) is 4.74 Å². The van der Waals surface area contributed by atoms with E-state index in [0.29, 0.717) is 6.61 Å². The Labute approximate surface area is 130 Å². The second kappa shape index (κ2) is 8.47. The maximum absolute atomic E-state index is 10.8. The maximum Gasteiger partial charge on any atom is 0.332 e. The Kier molecular flexibility index (Phi) is 6.64. The van der Waals surface area contributed by atoms with Crippen molar-refractivity contribution in [2.45, 2.75) is 13.8 Å². The summed E-state index contributed by atoms with van der Waals surface area (Å²) in [4.78, 5) is 17.4. The zero-order valence-electron chi connectivity index (χ0n) is 13.2. The van der Waals surface area contributed by atoms with Crippen LogP contribution in [-0.4, -0.2) is 32.6 Å². The summed E-state index contributed by atoms with van der Waals surface area (Å²) in [5, 5.41) is 12.8. The number of hydrogen-bond donors (Lipinski definition) is 0. The van der Waals surface area contributed by atoms with Crippen LogP contribution >= 0.6 is 0 Å². The fourth-order valence-corrected chi connectivity index (χ4v) is 1.57. The standard InChI is InChI=1S/C16H19N3O3/c1-5-21-16(18-22-12(2)20)14(11-17)10-13-6-8-15(9-7-13)19(3)4/h6-10H,5H2,1-4H3. The number of rotatable bonds is 5. The van der Waals surface area contributed by atoms with Gasteiger partial charge >= 0.3 is 5.97 Å². The molecule has 0 aliphatic heterocycles. The van der Waals surface area contributed by atoms with Crippen LogP contribution < -0.4 is 4.90 Å². The number of nitrogens with zero attached hydrogens (tertiary/aromatic N) is 3. The molecule has 0 heterocycles. The van der Waals surface area contributed by atoms with Crippen LogP contribution in [0.3, 0.4) is 0 Å². The lowest BCUT2D eigenvalue weighted by Crippen LogP contribution is -2.09. The molecule has 1 aromatic rings. The number of carbonyl (C=O) groups is 1. The average Bonchev–Trinajstić information content (AvgIpc) is 2.49. The van der Waals surface area contributed by atoms with Crippen LogP contribution in [0.1, 0.15) is 19.4 Å². The summed E-state index contributed by atoms with van der Waals surface area (Å²) in [6.45, 7) is 3.28. The van der Waals surface area contributed by atoms with Crippen LogP contribution in [0.2, 0.25) is 0 Å². The third-order valence-corrected chi connectivity index (χ3v) is 2.61. The lowest BCUT2D eigenvalue weighted by molar-refractivity contribution is -0.141. The zero-order valence-corrected chi connectivity index (χ0v) is 13.2. The van der Waals surface area contributed by atoms with Crippen LogP contribution in [0, 0.1) is 11.3 Å². The summed E-state index contributed by atoms with van der Waals surface area (Å²) in [7, 11) is 3.90. The van der Waals surface area contributed by atoms with Gasteiger partial charge in [-0.2, -0.15) is 5.26 Å². The van der Waals surface area contributed by atoms with Gasteiger partial charge < -0.3 is 14.5 Å². The van der Waals surface area contributed by atoms with Crippen molar-refractivity contribution in [3.63, 3.8) is 0 Å². The van der Waals surface area contributed by atoms with Crippen LogP contribution in [0.15, 0.2) is 35.0 Å². The van der Waals surface area contributed by atoms with E-state index >= 15 is 0 Å². The molecule has 0 spiro atoms. The molecule has 0 aliphatic carbocycles. The van der Waals surface area contributed by atoms with Gasteiger partial charge in [0.05, 0.1) is 6.61 Å². The largest absolute Gasteiger partial charge is 0.475 e. The topological polar surface area (TPSA) is 74.9 Å². The highest BCUT2D eigenvalue weighted by Gasteiger charge is 2.10. The van der Waals surface area contributed by atoms with Gasteiger partial charge in [-0.05, 0) is 35.9 Å². The number of ether oxygens (including phenoxy) is 1. The molecule has 22 heavy (non-hydrogen) atoms. The molecule has 0 fully saturated rings. The van der Waals surface area contributed by atoms with Crippen LogP contribution in [0.5, 0.6) is 0 Å². The highest BCUT2D eigenvalue weighted by molar-refractivity contribution is 6.01. The Morgan fingerprint density at radius 2 is 2.00 bits per heavy atom. The van der Waals surface area contributed by atoms with Crippen molar-refractivity contribution in [1.29, 1.82) is 5.26 Å². The molecule has 0 radical (unpaired) electrons. The molecule has 1 aromatic carbocycles. The molecule has 0 atom stereocenters. The van der Waals surface area contributed by atoms with Crippen LogP contribution in [-0.2, 0) is 14.4 Å². The monoisotopic (exact) mass is 301 g/mol. The molecule has 0 saturated carbocycles. The fraction of sp³-hybridized carbons (Fsp3) is 0.312. The normalized spacial score (nSPS) is 11.6. The first kappa shape index (κ1) is 17.2. The summed E-state index contributed by atoms with van der Waals surface area (Å²) < 4.78 is 5.25. The van der Waals surface area contributed by atoms with E-state index in [1.54, 1.807) is 13.0 Å². The SMILES string of the molecule is CCOC(=NOC(C)=O)C(C#N)=Cc1ccc(N(C)C)cc1. The summed E-state index contributed by atoms with van der Waals surface area (Å²) in [6, 6.07) is 9.62. The van der Waals surface area contributed by atoms with Crippen molar-refractivity contribution in [3.8, 4) is 6.07 Å². The van der Waals surface area contributed by atoms with Crippen molar-refractivity contribution >= 4 is 23.6 Å². The number of carbonyl (C=O) groups excluding carboxylic acids is 1. The van der Waals surface area contributed by atoms with Crippen LogP contribution in [0.4, 0.5) is 5.69 Å². The third-order valence-electron chi connectivity index (χ3n) is 2.61. The molecule has 0 amide bonds. The van der Waals surface area contributed by atoms with Gasteiger partial charge in [0.25, 0.3) is 5.90 Å². The Morgan fingerprint density at radius 3 is 2.45 bits per heavy atom. The molecule has 6 nitrogen and oxygen atoms in total. The van der Waals surface area contributed by atoms with Crippen LogP contribution in [0.25, 0.3) is 6.08 Å². The van der Waals surface area contributed by atoms with E-state index in [0.717, 1.165) is 11.3 Å². The van der Waals surface area contributed by atoms with E-state index in [-0.39, 0.29) is 11.5 Å². The number of nitriles is 1. The molecule has 0 aromatic heterocycles. The van der Waals surface area contributed by atoms with Crippen molar-refractivity contribution in [3.05, 3.63) is 35.4 Å². The lowest BCUT2D eigenvalue weighted by atomic mass is 10.1. The smallest absolute Gasteiger partial charge is 0.332 e. The first-order valence-corrected chi connectivity index (χ1v) is 6.75. The minimum Gasteiger partial charge on any atom is -0.475 e. The summed E-state index contributed by atoms with van der Waals surface area (Å²) in [5.41, 5.74) is 2.05. The molecule has 116 valence electrons. The van der Waals surface area contributed by atoms with Gasteiger partial charge in [-0.3, -0.25) is 0 Å². The molecule has 0 bridgehead atoms.